The molecule has 0 aliphatic carbocycles. The Kier molecular flexibility index (Phi) is 31.4. The molecule has 0 saturated heterocycles. The maximum Gasteiger partial charge on any atom is 1.00 e. The zero-order chi connectivity index (χ0) is 23.6. The number of rotatable bonds is 27. The summed E-state index contributed by atoms with van der Waals surface area (Å²) in [7, 11) is -4.65. The molecular weight excluding hydrogens is 463 g/mol. The molecule has 0 N–H and O–H groups in total. The SMILES string of the molecule is CCCCCCCCCCCCOCCOCCOCCOCCOCCOS(=O)(=O)[O-].[Na+]. The second-order valence-corrected chi connectivity index (χ2v) is 8.53. The zero-order valence-corrected chi connectivity index (χ0v) is 23.7. The molecule has 0 aromatic rings. The topological polar surface area (TPSA) is 113 Å². The quantitative estimate of drug-likeness (QED) is 0.0676. The van der Waals surface area contributed by atoms with Gasteiger partial charge in [0.15, 0.2) is 0 Å². The van der Waals surface area contributed by atoms with Gasteiger partial charge in [-0.05, 0) is 6.42 Å². The fraction of sp³-hybridized carbons (Fsp3) is 1.00. The maximum atomic E-state index is 10.2. The van der Waals surface area contributed by atoms with E-state index in [1.807, 2.05) is 0 Å². The minimum Gasteiger partial charge on any atom is -0.726 e. The molecule has 0 aliphatic rings. The molecule has 0 aromatic carbocycles. The number of ether oxygens (including phenoxy) is 5. The van der Waals surface area contributed by atoms with Gasteiger partial charge in [0.25, 0.3) is 0 Å². The predicted molar refractivity (Wildman–Crippen MR) is 122 cm³/mol. The van der Waals surface area contributed by atoms with Gasteiger partial charge >= 0.3 is 29.6 Å². The van der Waals surface area contributed by atoms with Gasteiger partial charge in [-0.3, -0.25) is 4.18 Å². The second-order valence-electron chi connectivity index (χ2n) is 7.47. The third-order valence-electron chi connectivity index (χ3n) is 4.59. The van der Waals surface area contributed by atoms with Gasteiger partial charge in [-0.15, -0.1) is 0 Å². The van der Waals surface area contributed by atoms with Crippen LogP contribution >= 0.6 is 0 Å². The zero-order valence-electron chi connectivity index (χ0n) is 20.9. The largest absolute Gasteiger partial charge is 1.00 e. The third-order valence-corrected chi connectivity index (χ3v) is 5.04. The predicted octanol–water partition coefficient (Wildman–Crippen LogP) is 0.471. The minimum absolute atomic E-state index is 0. The molecular formula is C22H45NaO9S. The Morgan fingerprint density at radius 1 is 0.485 bits per heavy atom. The Bertz CT molecular complexity index is 467. The fourth-order valence-electron chi connectivity index (χ4n) is 2.87. The van der Waals surface area contributed by atoms with Crippen molar-refractivity contribution in [1.29, 1.82) is 0 Å². The molecule has 0 unspecified atom stereocenters. The van der Waals surface area contributed by atoms with E-state index >= 15 is 0 Å². The Morgan fingerprint density at radius 3 is 1.15 bits per heavy atom. The van der Waals surface area contributed by atoms with Crippen LogP contribution in [-0.2, 0) is 38.3 Å². The first-order valence-electron chi connectivity index (χ1n) is 12.0. The van der Waals surface area contributed by atoms with Gasteiger partial charge in [-0.25, -0.2) is 8.42 Å². The van der Waals surface area contributed by atoms with E-state index in [0.29, 0.717) is 46.2 Å². The summed E-state index contributed by atoms with van der Waals surface area (Å²) in [5.74, 6) is 0. The number of hydrogen-bond acceptors (Lipinski definition) is 9. The van der Waals surface area contributed by atoms with E-state index in [9.17, 15) is 13.0 Å². The number of hydrogen-bond donors (Lipinski definition) is 0. The first kappa shape index (κ1) is 35.8. The van der Waals surface area contributed by atoms with Crippen LogP contribution < -0.4 is 29.6 Å². The summed E-state index contributed by atoms with van der Waals surface area (Å²) in [6.45, 7) is 6.51. The van der Waals surface area contributed by atoms with E-state index in [1.54, 1.807) is 0 Å². The standard InChI is InChI=1S/C22H46O9S.Na/c1-2-3-4-5-6-7-8-9-10-11-12-26-13-14-27-15-16-28-17-18-29-19-20-30-21-22-31-32(23,24)25;/h2-22H2,1H3,(H,23,24,25);/q;+1/p-1. The molecule has 11 heteroatoms. The molecule has 33 heavy (non-hydrogen) atoms. The monoisotopic (exact) mass is 508 g/mol. The minimum atomic E-state index is -4.65. The van der Waals surface area contributed by atoms with Crippen LogP contribution in [0.25, 0.3) is 0 Å². The van der Waals surface area contributed by atoms with Crippen LogP contribution in [0.2, 0.25) is 0 Å². The van der Waals surface area contributed by atoms with Gasteiger partial charge in [-0.2, -0.15) is 0 Å². The summed E-state index contributed by atoms with van der Waals surface area (Å²) < 4.78 is 61.3. The molecule has 0 spiro atoms. The van der Waals surface area contributed by atoms with E-state index in [-0.39, 0.29) is 49.4 Å². The van der Waals surface area contributed by atoms with E-state index in [1.165, 1.54) is 57.8 Å². The van der Waals surface area contributed by atoms with Crippen molar-refractivity contribution in [2.45, 2.75) is 71.1 Å². The van der Waals surface area contributed by atoms with Crippen LogP contribution in [0.1, 0.15) is 71.1 Å². The van der Waals surface area contributed by atoms with Crippen molar-refractivity contribution in [1.82, 2.24) is 0 Å². The third kappa shape index (κ3) is 34.9. The van der Waals surface area contributed by atoms with Crippen LogP contribution in [0.3, 0.4) is 0 Å². The summed E-state index contributed by atoms with van der Waals surface area (Å²) >= 11 is 0. The Labute approximate surface area is 223 Å². The average molecular weight is 509 g/mol. The van der Waals surface area contributed by atoms with Crippen LogP contribution in [0.5, 0.6) is 0 Å². The molecule has 194 valence electrons. The molecule has 0 saturated carbocycles. The van der Waals surface area contributed by atoms with Gasteiger partial charge < -0.3 is 28.2 Å². The summed E-state index contributed by atoms with van der Waals surface area (Å²) in [6, 6.07) is 0. The Hall–Kier alpha value is 0.670. The molecule has 0 atom stereocenters. The van der Waals surface area contributed by atoms with Gasteiger partial charge in [-0.1, -0.05) is 64.7 Å². The summed E-state index contributed by atoms with van der Waals surface area (Å²) in [4.78, 5) is 0. The van der Waals surface area contributed by atoms with Crippen LogP contribution in [-0.4, -0.2) is 85.6 Å². The van der Waals surface area contributed by atoms with Crippen molar-refractivity contribution in [3.8, 4) is 0 Å². The molecule has 0 fully saturated rings. The smallest absolute Gasteiger partial charge is 0.726 e. The molecule has 0 bridgehead atoms. The molecule has 0 amide bonds. The molecule has 0 aromatic heterocycles. The van der Waals surface area contributed by atoms with E-state index in [4.69, 9.17) is 23.7 Å². The number of unbranched alkanes of at least 4 members (excludes halogenated alkanes) is 9. The van der Waals surface area contributed by atoms with Crippen molar-refractivity contribution in [2.75, 3.05) is 72.7 Å². The van der Waals surface area contributed by atoms with Crippen molar-refractivity contribution >= 4 is 10.4 Å². The van der Waals surface area contributed by atoms with Crippen LogP contribution in [0.15, 0.2) is 0 Å². The van der Waals surface area contributed by atoms with E-state index in [2.05, 4.69) is 11.1 Å². The first-order chi connectivity index (χ1) is 15.6. The Balaban J connectivity index is 0. The van der Waals surface area contributed by atoms with Gasteiger partial charge in [0.05, 0.1) is 66.1 Å². The van der Waals surface area contributed by atoms with Crippen molar-refractivity contribution in [2.24, 2.45) is 0 Å². The Morgan fingerprint density at radius 2 is 0.788 bits per heavy atom. The summed E-state index contributed by atoms with van der Waals surface area (Å²) in [6.07, 6.45) is 13.3. The summed E-state index contributed by atoms with van der Waals surface area (Å²) in [5, 5.41) is 0. The van der Waals surface area contributed by atoms with Crippen LogP contribution in [0, 0.1) is 0 Å². The van der Waals surface area contributed by atoms with Crippen molar-refractivity contribution in [3.05, 3.63) is 0 Å². The first-order valence-corrected chi connectivity index (χ1v) is 13.4. The average Bonchev–Trinajstić information content (AvgIpc) is 2.75. The van der Waals surface area contributed by atoms with E-state index in [0.717, 1.165) is 13.0 Å². The van der Waals surface area contributed by atoms with Crippen molar-refractivity contribution < 1.29 is 70.4 Å². The molecule has 0 radical (unpaired) electrons. The second kappa shape index (κ2) is 28.9. The molecule has 0 aliphatic heterocycles. The van der Waals surface area contributed by atoms with Crippen molar-refractivity contribution in [3.63, 3.8) is 0 Å². The fourth-order valence-corrected chi connectivity index (χ4v) is 3.14. The van der Waals surface area contributed by atoms with E-state index < -0.39 is 10.4 Å². The van der Waals surface area contributed by atoms with Gasteiger partial charge in [0.1, 0.15) is 0 Å². The van der Waals surface area contributed by atoms with Crippen LogP contribution in [0.4, 0.5) is 0 Å². The van der Waals surface area contributed by atoms with Gasteiger partial charge in [0, 0.05) is 6.61 Å². The summed E-state index contributed by atoms with van der Waals surface area (Å²) in [5.41, 5.74) is 0. The molecule has 0 rings (SSSR count). The normalized spacial score (nSPS) is 11.6. The maximum absolute atomic E-state index is 10.2. The molecule has 0 heterocycles. The van der Waals surface area contributed by atoms with Gasteiger partial charge in [0.2, 0.25) is 10.4 Å². The molecule has 9 nitrogen and oxygen atoms in total.